The Morgan fingerprint density at radius 2 is 1.87 bits per heavy atom. The second-order valence-electron chi connectivity index (χ2n) is 6.13. The molecule has 0 saturated heterocycles. The van der Waals surface area contributed by atoms with Gasteiger partial charge < -0.3 is 16.0 Å². The number of hydrogen-bond acceptors (Lipinski definition) is 3. The maximum Gasteiger partial charge on any atom is 0.319 e. The molecule has 0 aliphatic heterocycles. The number of carbonyl (C=O) groups is 2. The third-order valence-corrected chi connectivity index (χ3v) is 3.52. The predicted octanol–water partition coefficient (Wildman–Crippen LogP) is 3.03. The highest BCUT2D eigenvalue weighted by atomic mass is 16.2. The molecular weight excluding hydrogens is 292 g/mol. The van der Waals surface area contributed by atoms with Crippen LogP contribution in [0.4, 0.5) is 10.5 Å². The van der Waals surface area contributed by atoms with Crippen LogP contribution in [0.1, 0.15) is 50.9 Å². The van der Waals surface area contributed by atoms with Crippen molar-refractivity contribution in [3.63, 3.8) is 0 Å². The molecule has 0 aliphatic rings. The van der Waals surface area contributed by atoms with Crippen molar-refractivity contribution >= 4 is 17.6 Å². The van der Waals surface area contributed by atoms with Crippen LogP contribution in [0.3, 0.4) is 0 Å². The summed E-state index contributed by atoms with van der Waals surface area (Å²) in [6.45, 7) is 7.70. The Bertz CT molecular complexity index is 588. The summed E-state index contributed by atoms with van der Waals surface area (Å²) >= 11 is 0. The molecule has 0 aromatic heterocycles. The Labute approximate surface area is 137 Å². The maximum atomic E-state index is 12.1. The third kappa shape index (κ3) is 6.39. The third-order valence-electron chi connectivity index (χ3n) is 3.52. The van der Waals surface area contributed by atoms with Crippen molar-refractivity contribution in [3.8, 4) is 6.07 Å². The summed E-state index contributed by atoms with van der Waals surface area (Å²) in [6, 6.07) is 8.06. The normalized spacial score (nSPS) is 12.0. The Hall–Kier alpha value is -2.55. The van der Waals surface area contributed by atoms with E-state index in [1.54, 1.807) is 31.2 Å². The van der Waals surface area contributed by atoms with Crippen molar-refractivity contribution < 1.29 is 9.59 Å². The molecule has 6 heteroatoms. The molecule has 0 aliphatic carbocycles. The number of carbonyl (C=O) groups excluding carboxylic acids is 2. The summed E-state index contributed by atoms with van der Waals surface area (Å²) in [5.41, 5.74) is 0.860. The lowest BCUT2D eigenvalue weighted by Crippen LogP contribution is -2.42. The highest BCUT2D eigenvalue weighted by Crippen LogP contribution is 2.12. The summed E-state index contributed by atoms with van der Waals surface area (Å²) < 4.78 is 0. The Morgan fingerprint density at radius 1 is 1.26 bits per heavy atom. The van der Waals surface area contributed by atoms with E-state index in [-0.39, 0.29) is 29.9 Å². The fourth-order valence-corrected chi connectivity index (χ4v) is 1.75. The van der Waals surface area contributed by atoms with Gasteiger partial charge in [0.25, 0.3) is 5.91 Å². The van der Waals surface area contributed by atoms with Crippen LogP contribution in [-0.4, -0.2) is 23.5 Å². The summed E-state index contributed by atoms with van der Waals surface area (Å²) in [5.74, 6) is -0.143. The van der Waals surface area contributed by atoms with Crippen LogP contribution in [0.15, 0.2) is 24.3 Å². The van der Waals surface area contributed by atoms with Crippen molar-refractivity contribution in [1.82, 2.24) is 10.6 Å². The first-order valence-corrected chi connectivity index (χ1v) is 7.64. The quantitative estimate of drug-likeness (QED) is 0.753. The fourth-order valence-electron chi connectivity index (χ4n) is 1.75. The maximum absolute atomic E-state index is 12.1. The van der Waals surface area contributed by atoms with Crippen LogP contribution in [0.25, 0.3) is 0 Å². The zero-order valence-corrected chi connectivity index (χ0v) is 14.1. The average Bonchev–Trinajstić information content (AvgIpc) is 2.47. The topological polar surface area (TPSA) is 94.0 Å². The Kier molecular flexibility index (Phi) is 6.58. The van der Waals surface area contributed by atoms with Crippen LogP contribution in [-0.2, 0) is 0 Å². The van der Waals surface area contributed by atoms with Crippen LogP contribution < -0.4 is 16.0 Å². The smallest absolute Gasteiger partial charge is 0.319 e. The number of hydrogen-bond donors (Lipinski definition) is 3. The number of anilines is 1. The van der Waals surface area contributed by atoms with E-state index in [1.165, 1.54) is 0 Å². The molecule has 0 radical (unpaired) electrons. The van der Waals surface area contributed by atoms with Gasteiger partial charge in [0.05, 0.1) is 12.5 Å². The molecule has 0 heterocycles. The minimum absolute atomic E-state index is 0.143. The largest absolute Gasteiger partial charge is 0.347 e. The zero-order valence-electron chi connectivity index (χ0n) is 14.1. The number of amides is 3. The first kappa shape index (κ1) is 18.5. The molecule has 1 aromatic rings. The molecule has 1 unspecified atom stereocenters. The fraction of sp³-hybridized carbons (Fsp3) is 0.471. The van der Waals surface area contributed by atoms with E-state index in [4.69, 9.17) is 5.26 Å². The van der Waals surface area contributed by atoms with Gasteiger partial charge in [-0.2, -0.15) is 5.26 Å². The molecule has 124 valence electrons. The molecule has 3 amide bonds. The van der Waals surface area contributed by atoms with Crippen LogP contribution in [0.5, 0.6) is 0 Å². The standard InChI is InChI=1S/C17H24N4O2/c1-5-17(3,4)21-15(22)13-6-8-14(9-7-13)20-16(23)19-12(2)10-11-18/h6-9,12H,5,10H2,1-4H3,(H,21,22)(H2,19,20,23). The van der Waals surface area contributed by atoms with Crippen LogP contribution in [0, 0.1) is 11.3 Å². The SMILES string of the molecule is CCC(C)(C)NC(=O)c1ccc(NC(=O)NC(C)CC#N)cc1. The molecule has 0 saturated carbocycles. The van der Waals surface area contributed by atoms with E-state index in [2.05, 4.69) is 16.0 Å². The van der Waals surface area contributed by atoms with E-state index < -0.39 is 0 Å². The lowest BCUT2D eigenvalue weighted by molar-refractivity contribution is 0.0911. The van der Waals surface area contributed by atoms with E-state index in [9.17, 15) is 9.59 Å². The van der Waals surface area contributed by atoms with Crippen LogP contribution >= 0.6 is 0 Å². The van der Waals surface area contributed by atoms with Gasteiger partial charge in [-0.1, -0.05) is 6.92 Å². The number of nitrogens with one attached hydrogen (secondary N) is 3. The van der Waals surface area contributed by atoms with Gasteiger partial charge in [0.15, 0.2) is 0 Å². The van der Waals surface area contributed by atoms with Crippen molar-refractivity contribution in [2.75, 3.05) is 5.32 Å². The molecular formula is C17H24N4O2. The second-order valence-corrected chi connectivity index (χ2v) is 6.13. The van der Waals surface area contributed by atoms with E-state index in [0.717, 1.165) is 6.42 Å². The van der Waals surface area contributed by atoms with Crippen molar-refractivity contribution in [1.29, 1.82) is 5.26 Å². The predicted molar refractivity (Wildman–Crippen MR) is 90.1 cm³/mol. The first-order chi connectivity index (χ1) is 10.8. The molecule has 3 N–H and O–H groups in total. The monoisotopic (exact) mass is 316 g/mol. The number of rotatable bonds is 6. The summed E-state index contributed by atoms with van der Waals surface area (Å²) in [4.78, 5) is 23.9. The number of urea groups is 1. The van der Waals surface area contributed by atoms with Gasteiger partial charge in [0.1, 0.15) is 0 Å². The van der Waals surface area contributed by atoms with Gasteiger partial charge in [-0.05, 0) is 51.5 Å². The lowest BCUT2D eigenvalue weighted by Gasteiger charge is -2.24. The van der Waals surface area contributed by atoms with E-state index in [0.29, 0.717) is 11.3 Å². The lowest BCUT2D eigenvalue weighted by atomic mass is 10.0. The van der Waals surface area contributed by atoms with Gasteiger partial charge in [-0.3, -0.25) is 4.79 Å². The summed E-state index contributed by atoms with van der Waals surface area (Å²) in [5, 5.41) is 16.8. The number of nitriles is 1. The van der Waals surface area contributed by atoms with Gasteiger partial charge in [-0.15, -0.1) is 0 Å². The molecule has 1 aromatic carbocycles. The van der Waals surface area contributed by atoms with E-state index >= 15 is 0 Å². The number of nitrogens with zero attached hydrogens (tertiary/aromatic N) is 1. The highest BCUT2D eigenvalue weighted by Gasteiger charge is 2.18. The van der Waals surface area contributed by atoms with Crippen molar-refractivity contribution in [3.05, 3.63) is 29.8 Å². The molecule has 0 bridgehead atoms. The minimum atomic E-state index is -0.378. The number of benzene rings is 1. The van der Waals surface area contributed by atoms with Gasteiger partial charge in [0.2, 0.25) is 0 Å². The minimum Gasteiger partial charge on any atom is -0.347 e. The summed E-state index contributed by atoms with van der Waals surface area (Å²) in [6.07, 6.45) is 1.08. The second kappa shape index (κ2) is 8.18. The molecule has 6 nitrogen and oxygen atoms in total. The van der Waals surface area contributed by atoms with Crippen LogP contribution in [0.2, 0.25) is 0 Å². The van der Waals surface area contributed by atoms with E-state index in [1.807, 2.05) is 26.8 Å². The molecule has 23 heavy (non-hydrogen) atoms. The average molecular weight is 316 g/mol. The Morgan fingerprint density at radius 3 is 2.39 bits per heavy atom. The molecule has 0 spiro atoms. The molecule has 1 atom stereocenters. The molecule has 1 rings (SSSR count). The highest BCUT2D eigenvalue weighted by molar-refractivity contribution is 5.96. The van der Waals surface area contributed by atoms with Crippen molar-refractivity contribution in [2.45, 2.75) is 52.1 Å². The van der Waals surface area contributed by atoms with Gasteiger partial charge in [-0.25, -0.2) is 4.79 Å². The van der Waals surface area contributed by atoms with Crippen molar-refractivity contribution in [2.24, 2.45) is 0 Å². The van der Waals surface area contributed by atoms with Gasteiger partial charge >= 0.3 is 6.03 Å². The van der Waals surface area contributed by atoms with Gasteiger partial charge in [0, 0.05) is 22.8 Å². The molecule has 0 fully saturated rings. The first-order valence-electron chi connectivity index (χ1n) is 7.64. The zero-order chi connectivity index (χ0) is 17.5. The Balaban J connectivity index is 2.61. The summed E-state index contributed by atoms with van der Waals surface area (Å²) in [7, 11) is 0.